The molecule has 5 N–H and O–H groups in total. The molecule has 3 rings (SSSR count). The zero-order chi connectivity index (χ0) is 24.9. The van der Waals surface area contributed by atoms with Crippen molar-refractivity contribution in [3.05, 3.63) is 70.3 Å². The number of nitrogens with zero attached hydrogens (tertiary/aromatic N) is 2. The molecule has 2 aromatic rings. The molecule has 11 heteroatoms. The van der Waals surface area contributed by atoms with Gasteiger partial charge in [0.1, 0.15) is 17.0 Å². The van der Waals surface area contributed by atoms with E-state index in [0.717, 1.165) is 0 Å². The second kappa shape index (κ2) is 11.6. The molecule has 1 aliphatic rings. The fourth-order valence-corrected chi connectivity index (χ4v) is 3.95. The monoisotopic (exact) mass is 502 g/mol. The smallest absolute Gasteiger partial charge is 0.340 e. The Labute approximate surface area is 209 Å². The fourth-order valence-electron chi connectivity index (χ4n) is 3.95. The van der Waals surface area contributed by atoms with Crippen LogP contribution in [-0.4, -0.2) is 61.2 Å². The van der Waals surface area contributed by atoms with E-state index in [9.17, 15) is 9.90 Å². The number of nitrogen functional groups attached to an aromatic ring is 2. The predicted molar refractivity (Wildman–Crippen MR) is 131 cm³/mol. The van der Waals surface area contributed by atoms with E-state index < -0.39 is 17.7 Å². The maximum atomic E-state index is 12.5. The van der Waals surface area contributed by atoms with E-state index in [-0.39, 0.29) is 53.3 Å². The molecule has 1 aromatic heterocycles. The normalized spacial score (nSPS) is 19.4. The van der Waals surface area contributed by atoms with Crippen molar-refractivity contribution in [2.45, 2.75) is 18.1 Å². The van der Waals surface area contributed by atoms with Crippen LogP contribution in [-0.2, 0) is 30.2 Å². The number of nitrogens with two attached hydrogens (primary N) is 2. The summed E-state index contributed by atoms with van der Waals surface area (Å²) in [5.74, 6) is 4.97. The van der Waals surface area contributed by atoms with Gasteiger partial charge in [0.25, 0.3) is 0 Å². The van der Waals surface area contributed by atoms with Crippen molar-refractivity contribution < 1.29 is 28.8 Å². The number of carbonyl (C=O) groups is 1. The zero-order valence-electron chi connectivity index (χ0n) is 19.7. The Morgan fingerprint density at radius 2 is 1.80 bits per heavy atom. The van der Waals surface area contributed by atoms with Crippen LogP contribution < -0.4 is 11.5 Å². The van der Waals surface area contributed by atoms with Gasteiger partial charge in [0, 0.05) is 38.0 Å². The molecule has 1 aromatic carbocycles. The number of aromatic nitrogens is 2. The van der Waals surface area contributed by atoms with Gasteiger partial charge in [-0.2, -0.15) is 4.98 Å². The Morgan fingerprint density at radius 1 is 1.11 bits per heavy atom. The Hall–Kier alpha value is -3.78. The third-order valence-electron chi connectivity index (χ3n) is 5.50. The van der Waals surface area contributed by atoms with Crippen LogP contribution in [0.1, 0.15) is 11.1 Å². The minimum atomic E-state index is -1.48. The van der Waals surface area contributed by atoms with Gasteiger partial charge in [0.15, 0.2) is 17.6 Å². The first-order chi connectivity index (χ1) is 16.3. The van der Waals surface area contributed by atoms with Gasteiger partial charge in [-0.05, 0) is 12.1 Å². The van der Waals surface area contributed by atoms with E-state index in [2.05, 4.69) is 21.8 Å². The summed E-state index contributed by atoms with van der Waals surface area (Å²) in [6.07, 6.45) is 0.515. The number of carboxylic acid groups (broad SMARTS) is 1. The molecule has 0 fully saturated rings. The summed E-state index contributed by atoms with van der Waals surface area (Å²) < 4.78 is 22.8. The molecule has 1 heterocycles. The number of ether oxygens (including phenoxy) is 4. The van der Waals surface area contributed by atoms with E-state index in [1.54, 1.807) is 12.1 Å². The second-order valence-corrected chi connectivity index (χ2v) is 7.30. The lowest BCUT2D eigenvalue weighted by Crippen LogP contribution is -2.53. The molecule has 0 amide bonds. The molecule has 0 saturated heterocycles. The first kappa shape index (κ1) is 27.5. The maximum Gasteiger partial charge on any atom is 0.340 e. The van der Waals surface area contributed by atoms with Gasteiger partial charge >= 0.3 is 5.97 Å². The van der Waals surface area contributed by atoms with Crippen LogP contribution in [0.5, 0.6) is 0 Å². The van der Waals surface area contributed by atoms with Crippen LogP contribution in [0.2, 0.25) is 0 Å². The van der Waals surface area contributed by atoms with Crippen molar-refractivity contribution in [1.29, 1.82) is 0 Å². The first-order valence-corrected chi connectivity index (χ1v) is 10.1. The lowest BCUT2D eigenvalue weighted by molar-refractivity contribution is -0.134. The highest BCUT2D eigenvalue weighted by atomic mass is 35.5. The minimum absolute atomic E-state index is 0. The first-order valence-electron chi connectivity index (χ1n) is 10.1. The molecular weight excluding hydrogens is 476 g/mol. The van der Waals surface area contributed by atoms with Crippen molar-refractivity contribution in [1.82, 2.24) is 9.97 Å². The number of carboxylic acids is 1. The quantitative estimate of drug-likeness (QED) is 0.479. The largest absolute Gasteiger partial charge is 0.494 e. The highest BCUT2D eigenvalue weighted by molar-refractivity contribution is 5.95. The minimum Gasteiger partial charge on any atom is -0.494 e. The van der Waals surface area contributed by atoms with Crippen LogP contribution in [0, 0.1) is 11.8 Å². The molecule has 0 spiro atoms. The molecule has 1 aliphatic carbocycles. The number of hydrogen-bond acceptors (Lipinski definition) is 9. The maximum absolute atomic E-state index is 12.5. The zero-order valence-corrected chi connectivity index (χ0v) is 20.5. The topological polar surface area (TPSA) is 152 Å². The molecule has 2 unspecified atom stereocenters. The van der Waals surface area contributed by atoms with Gasteiger partial charge < -0.3 is 35.5 Å². The third-order valence-corrected chi connectivity index (χ3v) is 5.50. The Morgan fingerprint density at radius 3 is 2.31 bits per heavy atom. The second-order valence-electron chi connectivity index (χ2n) is 7.30. The third kappa shape index (κ3) is 5.17. The lowest BCUT2D eigenvalue weighted by atomic mass is 9.74. The molecule has 35 heavy (non-hydrogen) atoms. The Kier molecular flexibility index (Phi) is 9.08. The lowest BCUT2D eigenvalue weighted by Gasteiger charge is -2.43. The molecule has 186 valence electrons. The highest BCUT2D eigenvalue weighted by Crippen LogP contribution is 2.44. The van der Waals surface area contributed by atoms with E-state index in [4.69, 9.17) is 30.4 Å². The Balaban J connectivity index is 0.00000432. The molecular formula is C24H27ClN4O6. The van der Waals surface area contributed by atoms with Crippen LogP contribution >= 0.6 is 12.4 Å². The van der Waals surface area contributed by atoms with Crippen LogP contribution in [0.15, 0.2) is 59.2 Å². The summed E-state index contributed by atoms with van der Waals surface area (Å²) >= 11 is 0. The summed E-state index contributed by atoms with van der Waals surface area (Å²) in [7, 11) is 5.61. The fraction of sp³-hybridized carbons (Fsp3) is 0.292. The van der Waals surface area contributed by atoms with E-state index in [1.165, 1.54) is 34.6 Å². The summed E-state index contributed by atoms with van der Waals surface area (Å²) in [5, 5.41) is 10.2. The van der Waals surface area contributed by atoms with Gasteiger partial charge in [-0.3, -0.25) is 0 Å². The van der Waals surface area contributed by atoms with Crippen molar-refractivity contribution >= 4 is 30.1 Å². The van der Waals surface area contributed by atoms with Crippen LogP contribution in [0.3, 0.4) is 0 Å². The number of aliphatic carboxylic acids is 1. The van der Waals surface area contributed by atoms with Crippen molar-refractivity contribution in [2.24, 2.45) is 0 Å². The number of halogens is 1. The van der Waals surface area contributed by atoms with Gasteiger partial charge in [-0.25, -0.2) is 9.78 Å². The van der Waals surface area contributed by atoms with Gasteiger partial charge in [0.2, 0.25) is 5.95 Å². The van der Waals surface area contributed by atoms with Crippen molar-refractivity contribution in [3.63, 3.8) is 0 Å². The molecule has 2 atom stereocenters. The van der Waals surface area contributed by atoms with Crippen LogP contribution in [0.25, 0.3) is 0 Å². The number of rotatable bonds is 7. The van der Waals surface area contributed by atoms with Crippen molar-refractivity contribution in [3.8, 4) is 11.8 Å². The summed E-state index contributed by atoms with van der Waals surface area (Å²) in [6, 6.07) is 9.12. The average molecular weight is 503 g/mol. The van der Waals surface area contributed by atoms with E-state index in [0.29, 0.717) is 11.1 Å². The molecule has 0 radical (unpaired) electrons. The Bertz CT molecular complexity index is 1210. The standard InChI is InChI=1S/C24H26N4O6.ClH/c1-31-18-17(22(29)30)16(11-10-14-8-6-5-7-9-14)24(34-4,20(33-3)19(18)32-2)12-15-13-27-23(26)28-21(15)25;/h5-9,13,20H,12H2,1-4H3,(H,29,30)(H4,25,26,27,28);1H. The number of benzene rings is 1. The molecule has 10 nitrogen and oxygen atoms in total. The predicted octanol–water partition coefficient (Wildman–Crippen LogP) is 1.96. The average Bonchev–Trinajstić information content (AvgIpc) is 2.84. The van der Waals surface area contributed by atoms with Gasteiger partial charge in [-0.15, -0.1) is 12.4 Å². The van der Waals surface area contributed by atoms with Gasteiger partial charge in [0.05, 0.1) is 19.8 Å². The SMILES string of the molecule is COC1=C(OC)C(OC)C(Cc2cnc(N)nc2N)(OC)C(C#Cc2ccccc2)=C1C(=O)O.Cl. The van der Waals surface area contributed by atoms with Crippen LogP contribution in [0.4, 0.5) is 11.8 Å². The molecule has 0 saturated carbocycles. The summed E-state index contributed by atoms with van der Waals surface area (Å²) in [6.45, 7) is 0. The van der Waals surface area contributed by atoms with E-state index in [1.807, 2.05) is 18.2 Å². The molecule has 0 bridgehead atoms. The van der Waals surface area contributed by atoms with Gasteiger partial charge in [-0.1, -0.05) is 30.0 Å². The summed E-state index contributed by atoms with van der Waals surface area (Å²) in [5.41, 5.74) is 11.3. The number of anilines is 2. The number of hydrogen-bond donors (Lipinski definition) is 3. The summed E-state index contributed by atoms with van der Waals surface area (Å²) in [4.78, 5) is 20.5. The number of methoxy groups -OCH3 is 4. The highest BCUT2D eigenvalue weighted by Gasteiger charge is 2.53. The molecule has 0 aliphatic heterocycles. The van der Waals surface area contributed by atoms with Crippen molar-refractivity contribution in [2.75, 3.05) is 39.9 Å². The van der Waals surface area contributed by atoms with E-state index >= 15 is 0 Å².